The molecule has 2 atom stereocenters. The highest BCUT2D eigenvalue weighted by atomic mass is 19.1. The number of nitrogens with zero attached hydrogens (tertiary/aromatic N) is 4. The largest absolute Gasteiger partial charge is 0.394 e. The molecule has 4 N–H and O–H groups in total. The Morgan fingerprint density at radius 1 is 1.05 bits per heavy atom. The first kappa shape index (κ1) is 33.1. The summed E-state index contributed by atoms with van der Waals surface area (Å²) in [5.41, 5.74) is 0.677. The van der Waals surface area contributed by atoms with Crippen LogP contribution >= 0.6 is 0 Å². The van der Waals surface area contributed by atoms with Gasteiger partial charge >= 0.3 is 0 Å². The van der Waals surface area contributed by atoms with Gasteiger partial charge in [-0.25, -0.2) is 4.39 Å². The van der Waals surface area contributed by atoms with Gasteiger partial charge in [-0.2, -0.15) is 5.10 Å². The number of benzene rings is 1. The lowest BCUT2D eigenvalue weighted by Crippen LogP contribution is -2.54. The molecule has 240 valence electrons. The summed E-state index contributed by atoms with van der Waals surface area (Å²) in [5, 5.41) is 21.6. The number of carbonyl (C=O) groups excluding carboxylic acids is 4. The van der Waals surface area contributed by atoms with Crippen LogP contribution in [0, 0.1) is 11.7 Å². The summed E-state index contributed by atoms with van der Waals surface area (Å²) >= 11 is 0. The number of amides is 4. The molecule has 2 aliphatic rings. The summed E-state index contributed by atoms with van der Waals surface area (Å²) < 4.78 is 16.8. The van der Waals surface area contributed by atoms with Gasteiger partial charge in [0.2, 0.25) is 17.7 Å². The molecule has 1 saturated heterocycles. The minimum absolute atomic E-state index is 0.0429. The number of piperazine rings is 1. The predicted octanol–water partition coefficient (Wildman–Crippen LogP) is 1.54. The second kappa shape index (κ2) is 15.8. The first-order valence-corrected chi connectivity index (χ1v) is 15.5. The van der Waals surface area contributed by atoms with Crippen molar-refractivity contribution >= 4 is 29.3 Å². The number of nitrogens with one attached hydrogen (secondary N) is 3. The number of halogens is 1. The highest BCUT2D eigenvalue weighted by Gasteiger charge is 2.33. The molecule has 12 nitrogen and oxygen atoms in total. The van der Waals surface area contributed by atoms with Crippen molar-refractivity contribution in [3.8, 4) is 0 Å². The van der Waals surface area contributed by atoms with Gasteiger partial charge in [-0.05, 0) is 49.6 Å². The first-order valence-electron chi connectivity index (χ1n) is 15.5. The molecule has 2 aromatic rings. The highest BCUT2D eigenvalue weighted by molar-refractivity contribution is 6.00. The fourth-order valence-electron chi connectivity index (χ4n) is 5.86. The maximum absolute atomic E-state index is 15.4. The van der Waals surface area contributed by atoms with E-state index in [1.54, 1.807) is 17.9 Å². The zero-order valence-corrected chi connectivity index (χ0v) is 25.6. The van der Waals surface area contributed by atoms with Gasteiger partial charge in [0.15, 0.2) is 0 Å². The van der Waals surface area contributed by atoms with Crippen molar-refractivity contribution in [3.05, 3.63) is 47.5 Å². The monoisotopic (exact) mass is 613 g/mol. The third kappa shape index (κ3) is 8.63. The lowest BCUT2D eigenvalue weighted by molar-refractivity contribution is -0.137. The normalized spacial score (nSPS) is 17.5. The molecule has 1 aliphatic carbocycles. The van der Waals surface area contributed by atoms with E-state index in [2.05, 4.69) is 25.9 Å². The van der Waals surface area contributed by atoms with Crippen LogP contribution in [0.3, 0.4) is 0 Å². The van der Waals surface area contributed by atoms with Crippen LogP contribution in [0.4, 0.5) is 10.1 Å². The van der Waals surface area contributed by atoms with Crippen LogP contribution in [-0.2, 0) is 27.3 Å². The van der Waals surface area contributed by atoms with E-state index in [0.29, 0.717) is 18.7 Å². The van der Waals surface area contributed by atoms with Crippen molar-refractivity contribution in [2.75, 3.05) is 45.2 Å². The molecule has 0 spiro atoms. The lowest BCUT2D eigenvalue weighted by Gasteiger charge is -2.34. The van der Waals surface area contributed by atoms with Gasteiger partial charge in [-0.1, -0.05) is 32.3 Å². The zero-order valence-electron chi connectivity index (χ0n) is 25.6. The minimum Gasteiger partial charge on any atom is -0.394 e. The molecule has 0 radical (unpaired) electrons. The molecule has 4 rings (SSSR count). The van der Waals surface area contributed by atoms with Crippen LogP contribution in [0.2, 0.25) is 0 Å². The number of hydrogen-bond donors (Lipinski definition) is 4. The lowest BCUT2D eigenvalue weighted by atomic mass is 9.83. The molecule has 13 heteroatoms. The topological polar surface area (TPSA) is 149 Å². The van der Waals surface area contributed by atoms with E-state index in [1.165, 1.54) is 29.1 Å². The number of carbonyl (C=O) groups is 4. The average Bonchev–Trinajstić information content (AvgIpc) is 3.49. The van der Waals surface area contributed by atoms with E-state index in [4.69, 9.17) is 0 Å². The van der Waals surface area contributed by atoms with E-state index in [-0.39, 0.29) is 55.1 Å². The number of anilines is 1. The van der Waals surface area contributed by atoms with Gasteiger partial charge in [0, 0.05) is 45.2 Å². The summed E-state index contributed by atoms with van der Waals surface area (Å²) in [4.78, 5) is 56.1. The number of aliphatic hydroxyl groups is 1. The molecule has 0 unspecified atom stereocenters. The summed E-state index contributed by atoms with van der Waals surface area (Å²) in [6.45, 7) is 4.22. The van der Waals surface area contributed by atoms with E-state index in [1.807, 2.05) is 7.05 Å². The van der Waals surface area contributed by atoms with Crippen molar-refractivity contribution in [1.29, 1.82) is 0 Å². The quantitative estimate of drug-likeness (QED) is 0.284. The second-order valence-electron chi connectivity index (χ2n) is 11.6. The molecule has 2 heterocycles. The number of hydrogen-bond acceptors (Lipinski definition) is 7. The van der Waals surface area contributed by atoms with E-state index >= 15 is 4.39 Å². The van der Waals surface area contributed by atoms with E-state index < -0.39 is 29.7 Å². The number of likely N-dealkylation sites (N-methyl/N-ethyl adjacent to an activating group) is 1. The van der Waals surface area contributed by atoms with Crippen LogP contribution in [0.15, 0.2) is 30.5 Å². The predicted molar refractivity (Wildman–Crippen MR) is 162 cm³/mol. The van der Waals surface area contributed by atoms with Crippen molar-refractivity contribution in [1.82, 2.24) is 30.2 Å². The van der Waals surface area contributed by atoms with Gasteiger partial charge < -0.3 is 30.9 Å². The number of aromatic nitrogens is 2. The van der Waals surface area contributed by atoms with Crippen molar-refractivity contribution in [2.24, 2.45) is 5.92 Å². The van der Waals surface area contributed by atoms with Crippen molar-refractivity contribution in [2.45, 2.75) is 70.5 Å². The molecule has 1 aromatic carbocycles. The van der Waals surface area contributed by atoms with E-state index in [9.17, 15) is 24.3 Å². The Bertz CT molecular complexity index is 1300. The summed E-state index contributed by atoms with van der Waals surface area (Å²) in [7, 11) is 1.99. The smallest absolute Gasteiger partial charge is 0.270 e. The van der Waals surface area contributed by atoms with Crippen LogP contribution in [0.1, 0.15) is 61.5 Å². The van der Waals surface area contributed by atoms with Gasteiger partial charge in [0.25, 0.3) is 5.91 Å². The Morgan fingerprint density at radius 3 is 2.43 bits per heavy atom. The second-order valence-corrected chi connectivity index (χ2v) is 11.6. The fourth-order valence-corrected chi connectivity index (χ4v) is 5.86. The SMILES string of the molecule is CCC(=O)N[C@H](Cc1ccc(NC(=O)[C@@H](NC(=O)c2ccnn2CCO)C2CCCCC2)c(F)c1)C(=O)N1CCN(C)CC1. The van der Waals surface area contributed by atoms with Crippen molar-refractivity contribution in [3.63, 3.8) is 0 Å². The van der Waals surface area contributed by atoms with E-state index in [0.717, 1.165) is 45.2 Å². The Morgan fingerprint density at radius 2 is 1.77 bits per heavy atom. The maximum atomic E-state index is 15.4. The van der Waals surface area contributed by atoms with Crippen LogP contribution in [0.5, 0.6) is 0 Å². The number of rotatable bonds is 12. The van der Waals surface area contributed by atoms with Gasteiger partial charge in [-0.15, -0.1) is 0 Å². The van der Waals surface area contributed by atoms with Crippen LogP contribution < -0.4 is 16.0 Å². The van der Waals surface area contributed by atoms with Crippen molar-refractivity contribution < 1.29 is 28.7 Å². The summed E-state index contributed by atoms with van der Waals surface area (Å²) in [6.07, 6.45) is 6.18. The Kier molecular flexibility index (Phi) is 11.8. The molecule has 44 heavy (non-hydrogen) atoms. The summed E-state index contributed by atoms with van der Waals surface area (Å²) in [5.74, 6) is -2.29. The molecule has 1 saturated carbocycles. The van der Waals surface area contributed by atoms with Gasteiger partial charge in [-0.3, -0.25) is 23.9 Å². The fraction of sp³-hybridized carbons (Fsp3) is 0.581. The Labute approximate surface area is 257 Å². The third-order valence-corrected chi connectivity index (χ3v) is 8.45. The minimum atomic E-state index is -0.894. The summed E-state index contributed by atoms with van der Waals surface area (Å²) in [6, 6.07) is 4.12. The molecule has 0 bridgehead atoms. The first-order chi connectivity index (χ1) is 21.2. The molecular formula is C31H44FN7O5. The molecule has 2 fully saturated rings. The van der Waals surface area contributed by atoms with Gasteiger partial charge in [0.05, 0.1) is 18.8 Å². The molecular weight excluding hydrogens is 569 g/mol. The molecule has 1 aromatic heterocycles. The van der Waals surface area contributed by atoms with Gasteiger partial charge in [0.1, 0.15) is 23.6 Å². The maximum Gasteiger partial charge on any atom is 0.270 e. The zero-order chi connectivity index (χ0) is 31.6. The Hall–Kier alpha value is -3.84. The molecule has 1 aliphatic heterocycles. The van der Waals surface area contributed by atoms with Crippen LogP contribution in [-0.4, -0.2) is 100 Å². The Balaban J connectivity index is 1.47. The highest BCUT2D eigenvalue weighted by Crippen LogP contribution is 2.28. The van der Waals surface area contributed by atoms with Crippen LogP contribution in [0.25, 0.3) is 0 Å². The average molecular weight is 614 g/mol. The third-order valence-electron chi connectivity index (χ3n) is 8.45. The standard InChI is InChI=1S/C31H44FN7O5/c1-3-27(41)34-25(31(44)38-15-13-37(2)14-16-38)20-21-9-10-24(23(32)19-21)35-30(43)28(22-7-5-4-6-8-22)36-29(42)26-11-12-33-39(26)17-18-40/h9-12,19,22,25,28,40H,3-8,13-18,20H2,1-2H3,(H,34,41)(H,35,43)(H,36,42)/t25-,28+/m1/s1. The number of aliphatic hydroxyl groups excluding tert-OH is 1. The molecule has 4 amide bonds.